The van der Waals surface area contributed by atoms with Crippen LogP contribution in [0.3, 0.4) is 0 Å². The molecule has 5 nitrogen and oxygen atoms in total. The van der Waals surface area contributed by atoms with E-state index in [1.165, 1.54) is 6.07 Å². The minimum atomic E-state index is -0.576. The Morgan fingerprint density at radius 1 is 1.21 bits per heavy atom. The molecule has 2 aliphatic rings. The predicted molar refractivity (Wildman–Crippen MR) is 90.2 cm³/mol. The Morgan fingerprint density at radius 3 is 2.46 bits per heavy atom. The van der Waals surface area contributed by atoms with E-state index >= 15 is 0 Å². The number of ether oxygens (including phenoxy) is 1. The quantitative estimate of drug-likeness (QED) is 0.907. The molecule has 3 unspecified atom stereocenters. The second kappa shape index (κ2) is 7.59. The molecule has 2 saturated heterocycles. The lowest BCUT2D eigenvalue weighted by Crippen LogP contribution is -2.58. The Bertz CT molecular complexity index is 567. The van der Waals surface area contributed by atoms with Gasteiger partial charge >= 0.3 is 0 Å². The Hall–Kier alpha value is -1.50. The molecule has 0 bridgehead atoms. The summed E-state index contributed by atoms with van der Waals surface area (Å²) in [5, 5.41) is 3.43. The van der Waals surface area contributed by atoms with Crippen LogP contribution in [0.5, 0.6) is 0 Å². The van der Waals surface area contributed by atoms with Gasteiger partial charge in [0.2, 0.25) is 5.91 Å². The number of rotatable bonds is 3. The lowest BCUT2D eigenvalue weighted by molar-refractivity contribution is -0.141. The van der Waals surface area contributed by atoms with Crippen molar-refractivity contribution in [2.75, 3.05) is 39.4 Å². The zero-order valence-corrected chi connectivity index (χ0v) is 14.4. The summed E-state index contributed by atoms with van der Waals surface area (Å²) in [4.78, 5) is 17.2. The number of nitrogens with one attached hydrogen (secondary N) is 1. The van der Waals surface area contributed by atoms with E-state index in [2.05, 4.69) is 19.2 Å². The fourth-order valence-electron chi connectivity index (χ4n) is 3.70. The fourth-order valence-corrected chi connectivity index (χ4v) is 3.70. The summed E-state index contributed by atoms with van der Waals surface area (Å²) in [5.41, 5.74) is 0.461. The number of hydrogen-bond donors (Lipinski definition) is 1. The normalized spacial score (nSPS) is 27.0. The smallest absolute Gasteiger partial charge is 0.244 e. The molecule has 3 rings (SSSR count). The van der Waals surface area contributed by atoms with Crippen molar-refractivity contribution in [2.24, 2.45) is 0 Å². The summed E-state index contributed by atoms with van der Waals surface area (Å²) < 4.78 is 19.8. The molecule has 0 saturated carbocycles. The summed E-state index contributed by atoms with van der Waals surface area (Å²) in [7, 11) is 0. The first kappa shape index (κ1) is 17.3. The third-order valence-corrected chi connectivity index (χ3v) is 4.71. The summed E-state index contributed by atoms with van der Waals surface area (Å²) in [6, 6.07) is 6.51. The van der Waals surface area contributed by atoms with Gasteiger partial charge in [-0.3, -0.25) is 9.69 Å². The van der Waals surface area contributed by atoms with Crippen molar-refractivity contribution >= 4 is 5.91 Å². The second-order valence-corrected chi connectivity index (χ2v) is 6.78. The molecule has 6 heteroatoms. The van der Waals surface area contributed by atoms with Gasteiger partial charge in [0.15, 0.2) is 0 Å². The third kappa shape index (κ3) is 3.77. The summed E-state index contributed by atoms with van der Waals surface area (Å²) in [6.07, 6.45) is 0. The molecule has 0 radical (unpaired) electrons. The molecule has 3 atom stereocenters. The predicted octanol–water partition coefficient (Wildman–Crippen LogP) is 1.41. The highest BCUT2D eigenvalue weighted by Gasteiger charge is 2.36. The van der Waals surface area contributed by atoms with Crippen LogP contribution in [-0.2, 0) is 9.53 Å². The standard InChI is InChI=1S/C18H26FN3O2/c1-13-11-22(12-14(2)20-13)18(23)17(21-7-9-24-10-8-21)15-5-3-4-6-16(15)19/h3-6,13-14,17,20H,7-12H2,1-2H3. The molecule has 1 amide bonds. The molecule has 132 valence electrons. The highest BCUT2D eigenvalue weighted by atomic mass is 19.1. The van der Waals surface area contributed by atoms with E-state index in [0.717, 1.165) is 0 Å². The van der Waals surface area contributed by atoms with Crippen LogP contribution in [0.1, 0.15) is 25.5 Å². The number of morpholine rings is 1. The van der Waals surface area contributed by atoms with Crippen molar-refractivity contribution < 1.29 is 13.9 Å². The number of amides is 1. The highest BCUT2D eigenvalue weighted by Crippen LogP contribution is 2.27. The van der Waals surface area contributed by atoms with Crippen LogP contribution >= 0.6 is 0 Å². The number of hydrogen-bond acceptors (Lipinski definition) is 4. The van der Waals surface area contributed by atoms with E-state index in [1.54, 1.807) is 18.2 Å². The molecule has 0 spiro atoms. The molecule has 1 aromatic rings. The van der Waals surface area contributed by atoms with Gasteiger partial charge in [-0.25, -0.2) is 4.39 Å². The number of carbonyl (C=O) groups excluding carboxylic acids is 1. The Labute approximate surface area is 142 Å². The van der Waals surface area contributed by atoms with Gasteiger partial charge in [0, 0.05) is 43.8 Å². The van der Waals surface area contributed by atoms with Crippen LogP contribution in [0.25, 0.3) is 0 Å². The largest absolute Gasteiger partial charge is 0.379 e. The first-order valence-electron chi connectivity index (χ1n) is 8.67. The van der Waals surface area contributed by atoms with E-state index in [-0.39, 0.29) is 23.8 Å². The molecule has 2 aliphatic heterocycles. The third-order valence-electron chi connectivity index (χ3n) is 4.71. The van der Waals surface area contributed by atoms with Gasteiger partial charge in [-0.15, -0.1) is 0 Å². The van der Waals surface area contributed by atoms with Crippen molar-refractivity contribution in [1.29, 1.82) is 0 Å². The maximum absolute atomic E-state index is 14.4. The van der Waals surface area contributed by atoms with Crippen molar-refractivity contribution in [1.82, 2.24) is 15.1 Å². The van der Waals surface area contributed by atoms with Gasteiger partial charge in [-0.05, 0) is 19.9 Å². The van der Waals surface area contributed by atoms with Gasteiger partial charge in [-0.2, -0.15) is 0 Å². The van der Waals surface area contributed by atoms with Crippen LogP contribution in [0, 0.1) is 5.82 Å². The van der Waals surface area contributed by atoms with Crippen molar-refractivity contribution in [2.45, 2.75) is 32.0 Å². The number of halogens is 1. The monoisotopic (exact) mass is 335 g/mol. The number of carbonyl (C=O) groups is 1. The van der Waals surface area contributed by atoms with E-state index in [9.17, 15) is 9.18 Å². The molecule has 24 heavy (non-hydrogen) atoms. The molecular formula is C18H26FN3O2. The Morgan fingerprint density at radius 2 is 1.83 bits per heavy atom. The molecule has 1 aromatic carbocycles. The lowest BCUT2D eigenvalue weighted by atomic mass is 10.0. The minimum Gasteiger partial charge on any atom is -0.379 e. The van der Waals surface area contributed by atoms with Gasteiger partial charge in [-0.1, -0.05) is 18.2 Å². The maximum Gasteiger partial charge on any atom is 0.244 e. The summed E-state index contributed by atoms with van der Waals surface area (Å²) >= 11 is 0. The van der Waals surface area contributed by atoms with Crippen LogP contribution in [0.4, 0.5) is 4.39 Å². The van der Waals surface area contributed by atoms with E-state index < -0.39 is 6.04 Å². The SMILES string of the molecule is CC1CN(C(=O)C(c2ccccc2F)N2CCOCC2)CC(C)N1. The van der Waals surface area contributed by atoms with Gasteiger partial charge in [0.25, 0.3) is 0 Å². The minimum absolute atomic E-state index is 0.0119. The fraction of sp³-hybridized carbons (Fsp3) is 0.611. The second-order valence-electron chi connectivity index (χ2n) is 6.78. The molecule has 2 heterocycles. The van der Waals surface area contributed by atoms with Crippen molar-refractivity contribution in [3.8, 4) is 0 Å². The number of nitrogens with zero attached hydrogens (tertiary/aromatic N) is 2. The lowest BCUT2D eigenvalue weighted by Gasteiger charge is -2.41. The molecule has 2 fully saturated rings. The van der Waals surface area contributed by atoms with Crippen LogP contribution in [0.2, 0.25) is 0 Å². The van der Waals surface area contributed by atoms with Crippen molar-refractivity contribution in [3.05, 3.63) is 35.6 Å². The van der Waals surface area contributed by atoms with E-state index in [0.29, 0.717) is 45.0 Å². The van der Waals surface area contributed by atoms with Gasteiger partial charge in [0.1, 0.15) is 11.9 Å². The first-order chi connectivity index (χ1) is 11.6. The number of piperazine rings is 1. The van der Waals surface area contributed by atoms with Crippen LogP contribution in [0.15, 0.2) is 24.3 Å². The Balaban J connectivity index is 1.89. The summed E-state index contributed by atoms with van der Waals surface area (Å²) in [6.45, 7) is 7.88. The molecule has 1 N–H and O–H groups in total. The number of benzene rings is 1. The topological polar surface area (TPSA) is 44.8 Å². The van der Waals surface area contributed by atoms with Crippen LogP contribution < -0.4 is 5.32 Å². The van der Waals surface area contributed by atoms with Gasteiger partial charge in [0.05, 0.1) is 13.2 Å². The molecule has 0 aromatic heterocycles. The van der Waals surface area contributed by atoms with E-state index in [1.807, 2.05) is 9.80 Å². The molecule has 0 aliphatic carbocycles. The maximum atomic E-state index is 14.4. The average molecular weight is 335 g/mol. The zero-order valence-electron chi connectivity index (χ0n) is 14.4. The zero-order chi connectivity index (χ0) is 17.1. The van der Waals surface area contributed by atoms with Crippen LogP contribution in [-0.4, -0.2) is 67.2 Å². The highest BCUT2D eigenvalue weighted by molar-refractivity contribution is 5.83. The average Bonchev–Trinajstić information content (AvgIpc) is 2.57. The van der Waals surface area contributed by atoms with Crippen molar-refractivity contribution in [3.63, 3.8) is 0 Å². The molecular weight excluding hydrogens is 309 g/mol. The van der Waals surface area contributed by atoms with E-state index in [4.69, 9.17) is 4.74 Å². The first-order valence-corrected chi connectivity index (χ1v) is 8.67. The summed E-state index contributed by atoms with van der Waals surface area (Å²) in [5.74, 6) is -0.333. The van der Waals surface area contributed by atoms with Gasteiger partial charge < -0.3 is 15.0 Å². The Kier molecular flexibility index (Phi) is 5.48.